The van der Waals surface area contributed by atoms with E-state index in [4.69, 9.17) is 11.6 Å². The fourth-order valence-electron chi connectivity index (χ4n) is 3.14. The third kappa shape index (κ3) is 6.36. The Morgan fingerprint density at radius 1 is 0.935 bits per heavy atom. The fourth-order valence-corrected chi connectivity index (χ4v) is 4.12. The van der Waals surface area contributed by atoms with Gasteiger partial charge >= 0.3 is 0 Å². The highest BCUT2D eigenvalue weighted by Gasteiger charge is 2.16. The van der Waals surface area contributed by atoms with Crippen LogP contribution in [0.5, 0.6) is 0 Å². The highest BCUT2D eigenvalue weighted by molar-refractivity contribution is 7.98. The number of nitrogens with one attached hydrogen (secondary N) is 1. The number of amides is 2. The molecule has 6 heteroatoms. The smallest absolute Gasteiger partial charge is 0.254 e. The first-order chi connectivity index (χ1) is 14.8. The van der Waals surface area contributed by atoms with E-state index in [0.717, 1.165) is 38.0 Å². The number of anilines is 1. The number of aryl methyl sites for hydroxylation is 2. The van der Waals surface area contributed by atoms with Crippen molar-refractivity contribution in [2.45, 2.75) is 24.5 Å². The van der Waals surface area contributed by atoms with Gasteiger partial charge in [-0.1, -0.05) is 41.9 Å². The molecule has 0 aromatic heterocycles. The Morgan fingerprint density at radius 3 is 2.16 bits per heavy atom. The van der Waals surface area contributed by atoms with Crippen LogP contribution in [0.15, 0.2) is 71.6 Å². The summed E-state index contributed by atoms with van der Waals surface area (Å²) in [4.78, 5) is 27.7. The molecule has 0 aliphatic carbocycles. The number of hydrogen-bond acceptors (Lipinski definition) is 3. The van der Waals surface area contributed by atoms with Gasteiger partial charge in [-0.25, -0.2) is 0 Å². The lowest BCUT2D eigenvalue weighted by atomic mass is 10.1. The standard InChI is InChI=1S/C25H25ClN2O2S/c1-17-5-4-6-18(2)24(17)27-23(29)15-28(3)25(30)20-9-7-19(8-10-20)16-31-22-13-11-21(26)12-14-22/h4-14H,15-16H2,1-3H3,(H,27,29). The zero-order valence-corrected chi connectivity index (χ0v) is 19.4. The van der Waals surface area contributed by atoms with Gasteiger partial charge in [0.2, 0.25) is 5.91 Å². The molecule has 0 spiro atoms. The van der Waals surface area contributed by atoms with E-state index in [0.29, 0.717) is 5.56 Å². The third-order valence-corrected chi connectivity index (χ3v) is 6.23. The number of carbonyl (C=O) groups is 2. The normalized spacial score (nSPS) is 10.6. The molecule has 0 bridgehead atoms. The molecule has 4 nitrogen and oxygen atoms in total. The molecule has 0 heterocycles. The van der Waals surface area contributed by atoms with Gasteiger partial charge in [0.05, 0.1) is 6.54 Å². The summed E-state index contributed by atoms with van der Waals surface area (Å²) in [6.07, 6.45) is 0. The molecule has 0 aliphatic heterocycles. The predicted molar refractivity (Wildman–Crippen MR) is 129 cm³/mol. The number of rotatable bonds is 7. The van der Waals surface area contributed by atoms with Crippen LogP contribution in [-0.2, 0) is 10.5 Å². The average Bonchev–Trinajstić information content (AvgIpc) is 2.76. The zero-order chi connectivity index (χ0) is 22.4. The topological polar surface area (TPSA) is 49.4 Å². The summed E-state index contributed by atoms with van der Waals surface area (Å²) in [6.45, 7) is 3.88. The first-order valence-electron chi connectivity index (χ1n) is 9.92. The van der Waals surface area contributed by atoms with Crippen LogP contribution >= 0.6 is 23.4 Å². The molecule has 0 radical (unpaired) electrons. The van der Waals surface area contributed by atoms with E-state index in [9.17, 15) is 9.59 Å². The first kappa shape index (κ1) is 22.9. The number of carbonyl (C=O) groups excluding carboxylic acids is 2. The van der Waals surface area contributed by atoms with E-state index in [2.05, 4.69) is 5.32 Å². The van der Waals surface area contributed by atoms with Gasteiger partial charge in [0.15, 0.2) is 0 Å². The second-order valence-electron chi connectivity index (χ2n) is 7.42. The number of hydrogen-bond donors (Lipinski definition) is 1. The third-order valence-electron chi connectivity index (χ3n) is 4.89. The molecule has 2 amide bonds. The maximum Gasteiger partial charge on any atom is 0.254 e. The molecular weight excluding hydrogens is 428 g/mol. The number of halogens is 1. The van der Waals surface area contributed by atoms with E-state index < -0.39 is 0 Å². The maximum atomic E-state index is 12.7. The van der Waals surface area contributed by atoms with Crippen molar-refractivity contribution in [3.63, 3.8) is 0 Å². The molecular formula is C25H25ClN2O2S. The lowest BCUT2D eigenvalue weighted by Crippen LogP contribution is -2.35. The van der Waals surface area contributed by atoms with Crippen LogP contribution in [0.1, 0.15) is 27.0 Å². The number of likely N-dealkylation sites (N-methyl/N-ethyl adjacent to an activating group) is 1. The summed E-state index contributed by atoms with van der Waals surface area (Å²) in [5, 5.41) is 3.64. The highest BCUT2D eigenvalue weighted by Crippen LogP contribution is 2.24. The fraction of sp³-hybridized carbons (Fsp3) is 0.200. The number of thioether (sulfide) groups is 1. The van der Waals surface area contributed by atoms with Crippen LogP contribution in [0.25, 0.3) is 0 Å². The minimum atomic E-state index is -0.218. The van der Waals surface area contributed by atoms with Crippen LogP contribution < -0.4 is 5.32 Å². The second-order valence-corrected chi connectivity index (χ2v) is 8.90. The van der Waals surface area contributed by atoms with Crippen molar-refractivity contribution in [2.75, 3.05) is 18.9 Å². The summed E-state index contributed by atoms with van der Waals surface area (Å²) < 4.78 is 0. The molecule has 1 N–H and O–H groups in total. The van der Waals surface area contributed by atoms with Crippen LogP contribution in [0, 0.1) is 13.8 Å². The van der Waals surface area contributed by atoms with Crippen LogP contribution in [0.4, 0.5) is 5.69 Å². The molecule has 3 aromatic rings. The summed E-state index contributed by atoms with van der Waals surface area (Å²) in [5.74, 6) is 0.391. The van der Waals surface area contributed by atoms with Crippen LogP contribution in [0.2, 0.25) is 5.02 Å². The largest absolute Gasteiger partial charge is 0.332 e. The Morgan fingerprint density at radius 2 is 1.55 bits per heavy atom. The second kappa shape index (κ2) is 10.5. The van der Waals surface area contributed by atoms with Gasteiger partial charge in [-0.15, -0.1) is 11.8 Å². The van der Waals surface area contributed by atoms with Gasteiger partial charge in [0.25, 0.3) is 5.91 Å². The molecule has 3 aromatic carbocycles. The summed E-state index contributed by atoms with van der Waals surface area (Å²) in [7, 11) is 1.64. The van der Waals surface area contributed by atoms with E-state index in [1.165, 1.54) is 4.90 Å². The lowest BCUT2D eigenvalue weighted by molar-refractivity contribution is -0.116. The molecule has 31 heavy (non-hydrogen) atoms. The number of para-hydroxylation sites is 1. The molecule has 0 atom stereocenters. The van der Waals surface area contributed by atoms with Crippen molar-refractivity contribution in [2.24, 2.45) is 0 Å². The zero-order valence-electron chi connectivity index (χ0n) is 17.8. The van der Waals surface area contributed by atoms with Gasteiger partial charge in [0.1, 0.15) is 0 Å². The molecule has 0 unspecified atom stereocenters. The average molecular weight is 453 g/mol. The van der Waals surface area contributed by atoms with Gasteiger partial charge in [-0.05, 0) is 66.9 Å². The Balaban J connectivity index is 1.55. The van der Waals surface area contributed by atoms with Crippen molar-refractivity contribution in [1.82, 2.24) is 4.90 Å². The number of benzene rings is 3. The Hall–Kier alpha value is -2.76. The van der Waals surface area contributed by atoms with Crippen LogP contribution in [-0.4, -0.2) is 30.3 Å². The predicted octanol–water partition coefficient (Wildman–Crippen LogP) is 5.96. The minimum Gasteiger partial charge on any atom is -0.332 e. The van der Waals surface area contributed by atoms with Crippen molar-refractivity contribution < 1.29 is 9.59 Å². The Kier molecular flexibility index (Phi) is 7.77. The van der Waals surface area contributed by atoms with E-state index in [1.807, 2.05) is 68.4 Å². The SMILES string of the molecule is Cc1cccc(C)c1NC(=O)CN(C)C(=O)c1ccc(CSc2ccc(Cl)cc2)cc1. The molecule has 0 saturated heterocycles. The van der Waals surface area contributed by atoms with Crippen molar-refractivity contribution in [3.05, 3.63) is 94.0 Å². The Bertz CT molecular complexity index is 1050. The minimum absolute atomic E-state index is 0.0131. The maximum absolute atomic E-state index is 12.7. The monoisotopic (exact) mass is 452 g/mol. The summed E-state index contributed by atoms with van der Waals surface area (Å²) in [5.41, 5.74) is 4.47. The Labute approximate surface area is 192 Å². The van der Waals surface area contributed by atoms with Gasteiger partial charge in [-0.2, -0.15) is 0 Å². The van der Waals surface area contributed by atoms with Gasteiger partial charge in [0, 0.05) is 34.0 Å². The molecule has 0 saturated carbocycles. The molecule has 0 fully saturated rings. The first-order valence-corrected chi connectivity index (χ1v) is 11.3. The molecule has 0 aliphatic rings. The lowest BCUT2D eigenvalue weighted by Gasteiger charge is -2.18. The van der Waals surface area contributed by atoms with Crippen molar-refractivity contribution >= 4 is 40.9 Å². The molecule has 160 valence electrons. The summed E-state index contributed by atoms with van der Waals surface area (Å²) >= 11 is 7.62. The van der Waals surface area contributed by atoms with E-state index in [1.54, 1.807) is 30.9 Å². The van der Waals surface area contributed by atoms with Gasteiger partial charge in [-0.3, -0.25) is 9.59 Å². The van der Waals surface area contributed by atoms with Crippen molar-refractivity contribution in [1.29, 1.82) is 0 Å². The van der Waals surface area contributed by atoms with E-state index in [-0.39, 0.29) is 18.4 Å². The quantitative estimate of drug-likeness (QED) is 0.450. The van der Waals surface area contributed by atoms with E-state index >= 15 is 0 Å². The highest BCUT2D eigenvalue weighted by atomic mass is 35.5. The number of nitrogens with zero attached hydrogens (tertiary/aromatic N) is 1. The summed E-state index contributed by atoms with van der Waals surface area (Å²) in [6, 6.07) is 21.1. The van der Waals surface area contributed by atoms with Crippen molar-refractivity contribution in [3.8, 4) is 0 Å². The van der Waals surface area contributed by atoms with Crippen LogP contribution in [0.3, 0.4) is 0 Å². The van der Waals surface area contributed by atoms with Gasteiger partial charge < -0.3 is 10.2 Å². The molecule has 3 rings (SSSR count).